The maximum Gasteiger partial charge on any atom is 0.273 e. The van der Waals surface area contributed by atoms with E-state index in [0.29, 0.717) is 40.8 Å². The number of rotatable bonds is 5. The zero-order valence-corrected chi connectivity index (χ0v) is 16.3. The van der Waals surface area contributed by atoms with Crippen molar-refractivity contribution in [3.05, 3.63) is 39.6 Å². The van der Waals surface area contributed by atoms with Crippen molar-refractivity contribution in [3.8, 4) is 5.88 Å². The summed E-state index contributed by atoms with van der Waals surface area (Å²) in [5.74, 6) is 0.414. The van der Waals surface area contributed by atoms with Crippen molar-refractivity contribution in [2.45, 2.75) is 25.9 Å². The molecular weight excluding hydrogens is 422 g/mol. The Hall–Kier alpha value is -2.06. The number of benzene rings is 1. The van der Waals surface area contributed by atoms with Crippen LogP contribution in [0.3, 0.4) is 0 Å². The summed E-state index contributed by atoms with van der Waals surface area (Å²) in [5, 5.41) is 13.3. The van der Waals surface area contributed by atoms with Gasteiger partial charge in [-0.05, 0) is 40.5 Å². The molecule has 1 N–H and O–H groups in total. The lowest BCUT2D eigenvalue weighted by Crippen LogP contribution is -2.26. The molecule has 0 aliphatic carbocycles. The Kier molecular flexibility index (Phi) is 4.86. The van der Waals surface area contributed by atoms with Crippen molar-refractivity contribution >= 4 is 44.3 Å². The van der Waals surface area contributed by atoms with Crippen molar-refractivity contribution in [2.24, 2.45) is 0 Å². The Morgan fingerprint density at radius 3 is 3.15 bits per heavy atom. The lowest BCUT2D eigenvalue weighted by molar-refractivity contribution is 0.0946. The van der Waals surface area contributed by atoms with Gasteiger partial charge in [-0.25, -0.2) is 4.68 Å². The molecule has 9 heteroatoms. The van der Waals surface area contributed by atoms with E-state index in [1.54, 1.807) is 4.68 Å². The number of aromatic nitrogens is 4. The molecule has 0 saturated carbocycles. The fourth-order valence-electron chi connectivity index (χ4n) is 2.98. The van der Waals surface area contributed by atoms with Gasteiger partial charge in [-0.2, -0.15) is 10.2 Å². The second-order valence-corrected chi connectivity index (χ2v) is 7.30. The van der Waals surface area contributed by atoms with Crippen molar-refractivity contribution in [3.63, 3.8) is 0 Å². The van der Waals surface area contributed by atoms with Crippen LogP contribution in [0.1, 0.15) is 23.3 Å². The van der Waals surface area contributed by atoms with E-state index in [4.69, 9.17) is 16.3 Å². The first kappa shape index (κ1) is 17.4. The predicted octanol–water partition coefficient (Wildman–Crippen LogP) is 3.25. The second-order valence-electron chi connectivity index (χ2n) is 6.07. The molecule has 4 rings (SSSR count). The number of nitrogens with zero attached hydrogens (tertiary/aromatic N) is 4. The van der Waals surface area contributed by atoms with Crippen LogP contribution in [0.15, 0.2) is 28.9 Å². The van der Waals surface area contributed by atoms with Gasteiger partial charge >= 0.3 is 0 Å². The summed E-state index contributed by atoms with van der Waals surface area (Å²) < 4.78 is 9.79. The van der Waals surface area contributed by atoms with Crippen LogP contribution in [-0.2, 0) is 13.1 Å². The summed E-state index contributed by atoms with van der Waals surface area (Å²) in [6.45, 7) is 2.62. The van der Waals surface area contributed by atoms with Crippen LogP contribution in [0.25, 0.3) is 10.9 Å². The van der Waals surface area contributed by atoms with E-state index >= 15 is 0 Å². The SMILES string of the molecule is O=C(NCCCn1ncc2ccc(Cl)cc21)c1nn2c(c1Br)OCCC2. The summed E-state index contributed by atoms with van der Waals surface area (Å²) in [5.41, 5.74) is 1.35. The van der Waals surface area contributed by atoms with E-state index in [-0.39, 0.29) is 5.91 Å². The molecule has 0 radical (unpaired) electrons. The van der Waals surface area contributed by atoms with E-state index in [1.807, 2.05) is 29.1 Å². The normalized spacial score (nSPS) is 13.5. The highest BCUT2D eigenvalue weighted by Crippen LogP contribution is 2.31. The molecule has 0 spiro atoms. The molecule has 0 bridgehead atoms. The van der Waals surface area contributed by atoms with Crippen molar-refractivity contribution in [1.29, 1.82) is 0 Å². The van der Waals surface area contributed by atoms with Gasteiger partial charge in [-0.15, -0.1) is 0 Å². The Morgan fingerprint density at radius 1 is 1.42 bits per heavy atom. The highest BCUT2D eigenvalue weighted by atomic mass is 79.9. The first-order chi connectivity index (χ1) is 12.6. The number of nitrogens with one attached hydrogen (secondary N) is 1. The van der Waals surface area contributed by atoms with Crippen molar-refractivity contribution in [1.82, 2.24) is 24.9 Å². The average molecular weight is 439 g/mol. The highest BCUT2D eigenvalue weighted by Gasteiger charge is 2.24. The molecule has 0 fully saturated rings. The average Bonchev–Trinajstić information content (AvgIpc) is 3.20. The van der Waals surface area contributed by atoms with Crippen molar-refractivity contribution in [2.75, 3.05) is 13.2 Å². The van der Waals surface area contributed by atoms with E-state index in [2.05, 4.69) is 31.4 Å². The van der Waals surface area contributed by atoms with Gasteiger partial charge in [0.25, 0.3) is 5.91 Å². The van der Waals surface area contributed by atoms with Gasteiger partial charge in [0.2, 0.25) is 5.88 Å². The smallest absolute Gasteiger partial charge is 0.273 e. The van der Waals surface area contributed by atoms with E-state index in [9.17, 15) is 4.79 Å². The van der Waals surface area contributed by atoms with Crippen LogP contribution >= 0.6 is 27.5 Å². The molecule has 2 aromatic heterocycles. The summed E-state index contributed by atoms with van der Waals surface area (Å²) in [4.78, 5) is 12.4. The van der Waals surface area contributed by atoms with Crippen LogP contribution in [0.4, 0.5) is 0 Å². The summed E-state index contributed by atoms with van der Waals surface area (Å²) in [6, 6.07) is 5.69. The number of fused-ring (bicyclic) bond motifs is 2. The van der Waals surface area contributed by atoms with Gasteiger partial charge in [0.05, 0.1) is 18.3 Å². The molecule has 0 unspecified atom stereocenters. The first-order valence-corrected chi connectivity index (χ1v) is 9.59. The van der Waals surface area contributed by atoms with Crippen LogP contribution in [-0.4, -0.2) is 38.6 Å². The van der Waals surface area contributed by atoms with Gasteiger partial charge in [0.1, 0.15) is 4.47 Å². The van der Waals surface area contributed by atoms with Crippen molar-refractivity contribution < 1.29 is 9.53 Å². The number of carbonyl (C=O) groups is 1. The van der Waals surface area contributed by atoms with Crippen LogP contribution in [0.2, 0.25) is 5.02 Å². The molecule has 1 aliphatic heterocycles. The monoisotopic (exact) mass is 437 g/mol. The molecule has 26 heavy (non-hydrogen) atoms. The fraction of sp³-hybridized carbons (Fsp3) is 0.353. The van der Waals surface area contributed by atoms with Crippen LogP contribution in [0, 0.1) is 0 Å². The third-order valence-corrected chi connectivity index (χ3v) is 5.21. The van der Waals surface area contributed by atoms with Gasteiger partial charge in [-0.1, -0.05) is 11.6 Å². The minimum absolute atomic E-state index is 0.212. The third-order valence-electron chi connectivity index (χ3n) is 4.26. The molecule has 136 valence electrons. The molecule has 1 aliphatic rings. The summed E-state index contributed by atoms with van der Waals surface area (Å²) >= 11 is 9.47. The zero-order chi connectivity index (χ0) is 18.1. The minimum Gasteiger partial charge on any atom is -0.477 e. The number of carbonyl (C=O) groups excluding carboxylic acids is 1. The first-order valence-electron chi connectivity index (χ1n) is 8.42. The number of hydrogen-bond acceptors (Lipinski definition) is 4. The highest BCUT2D eigenvalue weighted by molar-refractivity contribution is 9.10. The number of ether oxygens (including phenoxy) is 1. The number of halogens is 2. The molecule has 1 amide bonds. The number of amides is 1. The molecule has 1 aromatic carbocycles. The lowest BCUT2D eigenvalue weighted by atomic mass is 10.2. The molecule has 0 saturated heterocycles. The lowest BCUT2D eigenvalue weighted by Gasteiger charge is -2.14. The molecule has 7 nitrogen and oxygen atoms in total. The topological polar surface area (TPSA) is 74.0 Å². The summed E-state index contributed by atoms with van der Waals surface area (Å²) in [7, 11) is 0. The third kappa shape index (κ3) is 3.31. The number of hydrogen-bond donors (Lipinski definition) is 1. The van der Waals surface area contributed by atoms with E-state index in [0.717, 1.165) is 30.3 Å². The Labute approximate surface area is 163 Å². The van der Waals surface area contributed by atoms with E-state index < -0.39 is 0 Å². The van der Waals surface area contributed by atoms with Crippen LogP contribution in [0.5, 0.6) is 5.88 Å². The van der Waals surface area contributed by atoms with Gasteiger partial charge in [-0.3, -0.25) is 9.48 Å². The Balaban J connectivity index is 1.35. The molecule has 3 aromatic rings. The van der Waals surface area contributed by atoms with E-state index in [1.165, 1.54) is 0 Å². The summed E-state index contributed by atoms with van der Waals surface area (Å²) in [6.07, 6.45) is 3.46. The number of aryl methyl sites for hydroxylation is 2. The quantitative estimate of drug-likeness (QED) is 0.621. The molecule has 3 heterocycles. The minimum atomic E-state index is -0.212. The maximum absolute atomic E-state index is 12.4. The maximum atomic E-state index is 12.4. The standard InChI is InChI=1S/C17H17BrClN5O2/c18-14-15(22-24-7-2-8-26-17(14)24)16(25)20-5-1-6-23-13-9-12(19)4-3-11(13)10-21-23/h3-4,9-10H,1-2,5-8H2,(H,20,25). The Morgan fingerprint density at radius 2 is 2.31 bits per heavy atom. The fourth-order valence-corrected chi connectivity index (χ4v) is 3.72. The van der Waals surface area contributed by atoms with Crippen LogP contribution < -0.4 is 10.1 Å². The predicted molar refractivity (Wildman–Crippen MR) is 102 cm³/mol. The Bertz CT molecular complexity index is 968. The molecule has 0 atom stereocenters. The van der Waals surface area contributed by atoms with Gasteiger partial charge in [0.15, 0.2) is 5.69 Å². The second kappa shape index (κ2) is 7.28. The van der Waals surface area contributed by atoms with Gasteiger partial charge < -0.3 is 10.1 Å². The van der Waals surface area contributed by atoms with Gasteiger partial charge in [0, 0.05) is 36.5 Å². The zero-order valence-electron chi connectivity index (χ0n) is 13.9. The largest absolute Gasteiger partial charge is 0.477 e. The molecular formula is C17H17BrClN5O2.